The van der Waals surface area contributed by atoms with Crippen LogP contribution in [-0.2, 0) is 19.2 Å². The van der Waals surface area contributed by atoms with Gasteiger partial charge in [-0.3, -0.25) is 44.0 Å². The van der Waals surface area contributed by atoms with Gasteiger partial charge in [0.15, 0.2) is 9.45 Å². The minimum absolute atomic E-state index is 0.116. The van der Waals surface area contributed by atoms with E-state index in [-0.39, 0.29) is 50.5 Å². The van der Waals surface area contributed by atoms with Crippen molar-refractivity contribution in [3.8, 4) is 0 Å². The van der Waals surface area contributed by atoms with Gasteiger partial charge < -0.3 is 0 Å². The summed E-state index contributed by atoms with van der Waals surface area (Å²) in [6, 6.07) is 19.5. The molecular weight excluding hydrogens is 814 g/mol. The Balaban J connectivity index is 1.12. The van der Waals surface area contributed by atoms with Crippen LogP contribution >= 0.6 is 58.5 Å². The molecule has 2 aliphatic heterocycles. The molecule has 3 fully saturated rings. The van der Waals surface area contributed by atoms with E-state index in [1.165, 1.54) is 44.2 Å². The second-order valence-electron chi connectivity index (χ2n) is 13.7. The maximum absolute atomic E-state index is 14.1. The lowest BCUT2D eigenvalue weighted by Gasteiger charge is -2.36. The molecule has 2 atom stereocenters. The van der Waals surface area contributed by atoms with Crippen LogP contribution in [0.1, 0.15) is 42.4 Å². The fraction of sp³-hybridized carbons (Fsp3) is 0.200. The number of anilines is 3. The van der Waals surface area contributed by atoms with E-state index >= 15 is 0 Å². The minimum Gasteiger partial charge on any atom is -0.274 e. The van der Waals surface area contributed by atoms with Crippen molar-refractivity contribution in [1.82, 2.24) is 4.98 Å². The predicted molar refractivity (Wildman–Crippen MR) is 223 cm³/mol. The number of carbonyl (C=O) groups excluding carboxylic acids is 4. The first-order chi connectivity index (χ1) is 26.8. The van der Waals surface area contributed by atoms with E-state index in [0.717, 1.165) is 40.4 Å². The zero-order valence-electron chi connectivity index (χ0n) is 29.7. The molecule has 5 aromatic rings. The number of amides is 4. The fourth-order valence-corrected chi connectivity index (χ4v) is 10.1. The Hall–Kier alpha value is -4.99. The predicted octanol–water partition coefficient (Wildman–Crippen LogP) is 9.71. The van der Waals surface area contributed by atoms with Gasteiger partial charge in [-0.05, 0) is 110 Å². The molecule has 1 saturated carbocycles. The number of imide groups is 1. The Labute approximate surface area is 344 Å². The van der Waals surface area contributed by atoms with E-state index < -0.39 is 16.7 Å². The van der Waals surface area contributed by atoms with Crippen LogP contribution in [0.4, 0.5) is 22.7 Å². The normalized spacial score (nSPS) is 18.7. The summed E-state index contributed by atoms with van der Waals surface area (Å²) in [7, 11) is 0. The number of aryl methyl sites for hydroxylation is 2. The second-order valence-corrected chi connectivity index (χ2v) is 17.2. The number of thiazole rings is 1. The maximum atomic E-state index is 14.1. The SMILES string of the molecule is Cc1ccc(N2C(=O)C(=Cc3ccc(Sc4nc5ccc(N6C(=O)[C@H]7CCCC[C@@H]7C6=O)cc5s4)c([N+](=O)[O-])c3)C(=O)N(c3ccc(C)c(Cl)c3)C2=S)cc1Cl. The molecular formula is C40H29Cl2N5O6S3. The molecule has 8 rings (SSSR count). The third kappa shape index (κ3) is 6.68. The number of aromatic nitrogens is 1. The highest BCUT2D eigenvalue weighted by atomic mass is 35.5. The van der Waals surface area contributed by atoms with Gasteiger partial charge in [-0.25, -0.2) is 4.98 Å². The zero-order chi connectivity index (χ0) is 39.6. The van der Waals surface area contributed by atoms with Crippen LogP contribution in [0.2, 0.25) is 10.0 Å². The topological polar surface area (TPSA) is 134 Å². The number of nitro groups is 1. The number of nitro benzene ring substituents is 1. The van der Waals surface area contributed by atoms with Gasteiger partial charge in [-0.15, -0.1) is 11.3 Å². The molecule has 56 heavy (non-hydrogen) atoms. The third-order valence-electron chi connectivity index (χ3n) is 10.2. The van der Waals surface area contributed by atoms with Crippen molar-refractivity contribution in [2.24, 2.45) is 11.8 Å². The van der Waals surface area contributed by atoms with Gasteiger partial charge in [0, 0.05) is 16.1 Å². The maximum Gasteiger partial charge on any atom is 0.283 e. The molecule has 282 valence electrons. The van der Waals surface area contributed by atoms with Crippen molar-refractivity contribution < 1.29 is 24.1 Å². The van der Waals surface area contributed by atoms with Crippen LogP contribution in [0.25, 0.3) is 16.3 Å². The number of benzene rings is 4. The summed E-state index contributed by atoms with van der Waals surface area (Å²) >= 11 is 21.0. The van der Waals surface area contributed by atoms with Gasteiger partial charge in [-0.2, -0.15) is 0 Å². The zero-order valence-corrected chi connectivity index (χ0v) is 33.6. The van der Waals surface area contributed by atoms with Gasteiger partial charge in [0.1, 0.15) is 5.57 Å². The summed E-state index contributed by atoms with van der Waals surface area (Å²) in [5.74, 6) is -2.35. The number of thiocarbonyl (C=S) groups is 1. The Morgan fingerprint density at radius 2 is 1.36 bits per heavy atom. The van der Waals surface area contributed by atoms with Crippen LogP contribution in [-0.4, -0.2) is 38.6 Å². The van der Waals surface area contributed by atoms with E-state index in [4.69, 9.17) is 35.4 Å². The Morgan fingerprint density at radius 3 is 1.91 bits per heavy atom. The molecule has 0 unspecified atom stereocenters. The summed E-state index contributed by atoms with van der Waals surface area (Å²) in [5.41, 5.74) is 2.97. The largest absolute Gasteiger partial charge is 0.283 e. The van der Waals surface area contributed by atoms with Crippen LogP contribution < -0.4 is 14.7 Å². The minimum atomic E-state index is -0.736. The number of halogens is 2. The molecule has 0 radical (unpaired) electrons. The first kappa shape index (κ1) is 37.9. The fourth-order valence-electron chi connectivity index (χ4n) is 7.23. The summed E-state index contributed by atoms with van der Waals surface area (Å²) in [5, 5.41) is 13.1. The smallest absolute Gasteiger partial charge is 0.274 e. The van der Waals surface area contributed by atoms with Gasteiger partial charge >= 0.3 is 0 Å². The number of hydrogen-bond donors (Lipinski definition) is 0. The number of fused-ring (bicyclic) bond motifs is 2. The van der Waals surface area contributed by atoms with Crippen molar-refractivity contribution in [2.75, 3.05) is 14.7 Å². The highest BCUT2D eigenvalue weighted by molar-refractivity contribution is 8.01. The van der Waals surface area contributed by atoms with Crippen LogP contribution in [0.3, 0.4) is 0 Å². The lowest BCUT2D eigenvalue weighted by Crippen LogP contribution is -2.57. The van der Waals surface area contributed by atoms with Crippen molar-refractivity contribution in [3.05, 3.63) is 115 Å². The van der Waals surface area contributed by atoms with Crippen molar-refractivity contribution >= 4 is 126 Å². The average molecular weight is 843 g/mol. The molecule has 0 N–H and O–H groups in total. The van der Waals surface area contributed by atoms with E-state index in [2.05, 4.69) is 4.98 Å². The van der Waals surface area contributed by atoms with E-state index in [1.807, 2.05) is 13.8 Å². The van der Waals surface area contributed by atoms with Crippen LogP contribution in [0, 0.1) is 35.8 Å². The van der Waals surface area contributed by atoms with Gasteiger partial charge in [0.05, 0.1) is 48.9 Å². The summed E-state index contributed by atoms with van der Waals surface area (Å²) < 4.78 is 1.22. The molecule has 16 heteroatoms. The van der Waals surface area contributed by atoms with Crippen molar-refractivity contribution in [2.45, 2.75) is 48.8 Å². The molecule has 0 bridgehead atoms. The lowest BCUT2D eigenvalue weighted by atomic mass is 9.81. The second kappa shape index (κ2) is 14.8. The summed E-state index contributed by atoms with van der Waals surface area (Å²) in [4.78, 5) is 75.2. The Kier molecular flexibility index (Phi) is 10.0. The molecule has 11 nitrogen and oxygen atoms in total. The van der Waals surface area contributed by atoms with Gasteiger partial charge in [0.25, 0.3) is 17.5 Å². The Morgan fingerprint density at radius 1 is 0.804 bits per heavy atom. The molecule has 4 amide bonds. The summed E-state index contributed by atoms with van der Waals surface area (Å²) in [6.07, 6.45) is 4.60. The van der Waals surface area contributed by atoms with Gasteiger partial charge in [-0.1, -0.05) is 66.0 Å². The van der Waals surface area contributed by atoms with Crippen molar-refractivity contribution in [3.63, 3.8) is 0 Å². The molecule has 3 aliphatic rings. The van der Waals surface area contributed by atoms with E-state index in [0.29, 0.717) is 49.8 Å². The molecule has 3 heterocycles. The van der Waals surface area contributed by atoms with Gasteiger partial charge in [0.2, 0.25) is 11.8 Å². The number of hydrogen-bond acceptors (Lipinski definition) is 10. The molecule has 1 aromatic heterocycles. The highest BCUT2D eigenvalue weighted by Gasteiger charge is 2.49. The number of rotatable bonds is 7. The first-order valence-corrected chi connectivity index (χ1v) is 20.3. The summed E-state index contributed by atoms with van der Waals surface area (Å²) in [6.45, 7) is 3.62. The standard InChI is InChI=1S/C40H29Cl2N5O6S3/c1-20-7-10-23(17-29(20)41)45-37(50)28(38(51)46(40(45)54)24-11-8-21(2)30(42)18-24)15-22-9-14-33(32(16-22)47(52)53)55-39-43-31-13-12-25(19-34(31)56-39)44-35(48)26-5-3-4-6-27(26)36(44)49/h7-19,26-27H,3-6H2,1-2H3/t26-,27-/m0/s1. The third-order valence-corrected chi connectivity index (χ3v) is 13.5. The molecule has 4 aromatic carbocycles. The van der Waals surface area contributed by atoms with Crippen LogP contribution in [0.5, 0.6) is 0 Å². The van der Waals surface area contributed by atoms with Crippen molar-refractivity contribution in [1.29, 1.82) is 0 Å². The average Bonchev–Trinajstić information content (AvgIpc) is 3.69. The number of carbonyl (C=O) groups is 4. The molecule has 1 aliphatic carbocycles. The first-order valence-electron chi connectivity index (χ1n) is 17.5. The molecule has 2 saturated heterocycles. The van der Waals surface area contributed by atoms with E-state index in [1.54, 1.807) is 60.7 Å². The number of nitrogens with zero attached hydrogens (tertiary/aromatic N) is 5. The molecule has 0 spiro atoms. The van der Waals surface area contributed by atoms with E-state index in [9.17, 15) is 29.3 Å². The Bertz CT molecular complexity index is 2510. The highest BCUT2D eigenvalue weighted by Crippen LogP contribution is 2.43. The lowest BCUT2D eigenvalue weighted by molar-refractivity contribution is -0.387. The quantitative estimate of drug-likeness (QED) is 0.0392. The van der Waals surface area contributed by atoms with Crippen LogP contribution in [0.15, 0.2) is 87.6 Å². The monoisotopic (exact) mass is 841 g/mol.